The van der Waals surface area contributed by atoms with E-state index in [2.05, 4.69) is 0 Å². The van der Waals surface area contributed by atoms with Gasteiger partial charge in [-0.05, 0) is 42.8 Å². The second-order valence-corrected chi connectivity index (χ2v) is 7.36. The molecule has 28 heavy (non-hydrogen) atoms. The van der Waals surface area contributed by atoms with Gasteiger partial charge in [0.15, 0.2) is 0 Å². The first-order chi connectivity index (χ1) is 13.4. The normalized spacial score (nSPS) is 15.2. The van der Waals surface area contributed by atoms with Crippen molar-refractivity contribution in [3.8, 4) is 5.75 Å². The molecule has 142 valence electrons. The summed E-state index contributed by atoms with van der Waals surface area (Å²) in [6, 6.07) is 11.8. The number of ether oxygens (including phenoxy) is 1. The maximum absolute atomic E-state index is 12.2. The molecule has 7 nitrogen and oxygen atoms in total. The first-order valence-corrected chi connectivity index (χ1v) is 9.43. The molecule has 2 aromatic rings. The number of thioether (sulfide) groups is 1. The number of hydrogen-bond donors (Lipinski definition) is 0. The van der Waals surface area contributed by atoms with Gasteiger partial charge in [-0.2, -0.15) is 0 Å². The molecule has 1 aliphatic rings. The lowest BCUT2D eigenvalue weighted by atomic mass is 10.2. The third-order valence-corrected chi connectivity index (χ3v) is 5.27. The fourth-order valence-electron chi connectivity index (χ4n) is 2.44. The summed E-state index contributed by atoms with van der Waals surface area (Å²) >= 11 is 6.43. The molecule has 1 aliphatic heterocycles. The van der Waals surface area contributed by atoms with E-state index < -0.39 is 10.9 Å². The Bertz CT molecular complexity index is 984. The van der Waals surface area contributed by atoms with E-state index in [9.17, 15) is 19.7 Å². The molecular weight excluding hydrogens is 400 g/mol. The number of esters is 1. The zero-order valence-electron chi connectivity index (χ0n) is 14.7. The zero-order chi connectivity index (χ0) is 20.3. The largest absolute Gasteiger partial charge is 0.423 e. The molecule has 0 saturated carbocycles. The molecule has 0 atom stereocenters. The Hall–Kier alpha value is -3.04. The number of thiocarbonyl (C=S) groups is 1. The smallest absolute Gasteiger partial charge is 0.343 e. The van der Waals surface area contributed by atoms with Crippen LogP contribution in [0.15, 0.2) is 53.4 Å². The monoisotopic (exact) mass is 414 g/mol. The summed E-state index contributed by atoms with van der Waals surface area (Å²) in [5.74, 6) is -0.417. The van der Waals surface area contributed by atoms with Crippen LogP contribution in [-0.4, -0.2) is 32.6 Å². The number of nitrogens with zero attached hydrogens (tertiary/aromatic N) is 2. The SMILES string of the molecule is CCN1C(=O)/C(=C\c2ccc(OC(=O)c3ccc([N+](=O)[O-])cc3)cc2)SC1=S. The maximum Gasteiger partial charge on any atom is 0.343 e. The number of rotatable bonds is 5. The van der Waals surface area contributed by atoms with Gasteiger partial charge in [-0.1, -0.05) is 36.1 Å². The van der Waals surface area contributed by atoms with Crippen molar-refractivity contribution < 1.29 is 19.2 Å². The molecule has 9 heteroatoms. The molecule has 0 bridgehead atoms. The highest BCUT2D eigenvalue weighted by Gasteiger charge is 2.30. The quantitative estimate of drug-likeness (QED) is 0.182. The van der Waals surface area contributed by atoms with Gasteiger partial charge in [-0.15, -0.1) is 0 Å². The Morgan fingerprint density at radius 2 is 1.86 bits per heavy atom. The van der Waals surface area contributed by atoms with Crippen LogP contribution < -0.4 is 4.74 Å². The molecule has 3 rings (SSSR count). The van der Waals surface area contributed by atoms with E-state index in [4.69, 9.17) is 17.0 Å². The second-order valence-electron chi connectivity index (χ2n) is 5.69. The molecule has 0 N–H and O–H groups in total. The predicted octanol–water partition coefficient (Wildman–Crippen LogP) is 4.04. The molecule has 1 saturated heterocycles. The molecule has 0 radical (unpaired) electrons. The van der Waals surface area contributed by atoms with Crippen LogP contribution in [0.2, 0.25) is 0 Å². The van der Waals surface area contributed by atoms with E-state index in [1.807, 2.05) is 6.92 Å². The van der Waals surface area contributed by atoms with Crippen molar-refractivity contribution in [1.82, 2.24) is 4.90 Å². The molecule has 1 heterocycles. The Morgan fingerprint density at radius 3 is 2.39 bits per heavy atom. The van der Waals surface area contributed by atoms with Crippen LogP contribution in [0.4, 0.5) is 5.69 Å². The third kappa shape index (κ3) is 4.26. The van der Waals surface area contributed by atoms with Crippen molar-refractivity contribution in [1.29, 1.82) is 0 Å². The summed E-state index contributed by atoms with van der Waals surface area (Å²) in [6.45, 7) is 2.39. The number of amides is 1. The number of hydrogen-bond acceptors (Lipinski definition) is 7. The van der Waals surface area contributed by atoms with Gasteiger partial charge >= 0.3 is 5.97 Å². The number of nitro groups is 1. The Kier molecular flexibility index (Phi) is 5.86. The Balaban J connectivity index is 1.68. The van der Waals surface area contributed by atoms with Crippen molar-refractivity contribution in [2.24, 2.45) is 0 Å². The standard InChI is InChI=1S/C19H14N2O5S2/c1-2-20-17(22)16(28-19(20)27)11-12-3-9-15(10-4-12)26-18(23)13-5-7-14(8-6-13)21(24)25/h3-11H,2H2,1H3/b16-11+. The molecule has 0 aliphatic carbocycles. The predicted molar refractivity (Wildman–Crippen MR) is 110 cm³/mol. The van der Waals surface area contributed by atoms with Gasteiger partial charge in [0.2, 0.25) is 0 Å². The average Bonchev–Trinajstić information content (AvgIpc) is 2.95. The van der Waals surface area contributed by atoms with Gasteiger partial charge in [-0.3, -0.25) is 19.8 Å². The molecule has 2 aromatic carbocycles. The van der Waals surface area contributed by atoms with Gasteiger partial charge in [0, 0.05) is 18.7 Å². The van der Waals surface area contributed by atoms with E-state index in [1.54, 1.807) is 30.3 Å². The minimum atomic E-state index is -0.619. The minimum absolute atomic E-state index is 0.102. The number of non-ortho nitro benzene ring substituents is 1. The van der Waals surface area contributed by atoms with Crippen LogP contribution in [0.1, 0.15) is 22.8 Å². The number of likely N-dealkylation sites (N-methyl/N-ethyl adjacent to an activating group) is 1. The highest BCUT2D eigenvalue weighted by atomic mass is 32.2. The van der Waals surface area contributed by atoms with E-state index >= 15 is 0 Å². The van der Waals surface area contributed by atoms with Gasteiger partial charge in [-0.25, -0.2) is 4.79 Å². The first-order valence-electron chi connectivity index (χ1n) is 8.21. The average molecular weight is 414 g/mol. The van der Waals surface area contributed by atoms with Crippen LogP contribution in [0.3, 0.4) is 0 Å². The van der Waals surface area contributed by atoms with Crippen molar-refractivity contribution >= 4 is 51.9 Å². The highest BCUT2D eigenvalue weighted by Crippen LogP contribution is 2.32. The summed E-state index contributed by atoms with van der Waals surface area (Å²) in [6.07, 6.45) is 1.73. The lowest BCUT2D eigenvalue weighted by molar-refractivity contribution is -0.384. The van der Waals surface area contributed by atoms with Crippen molar-refractivity contribution in [2.75, 3.05) is 6.54 Å². The van der Waals surface area contributed by atoms with Gasteiger partial charge in [0.1, 0.15) is 10.1 Å². The summed E-state index contributed by atoms with van der Waals surface area (Å²) in [7, 11) is 0. The van der Waals surface area contributed by atoms with Crippen molar-refractivity contribution in [2.45, 2.75) is 6.92 Å². The Morgan fingerprint density at radius 1 is 1.21 bits per heavy atom. The van der Waals surface area contributed by atoms with Crippen molar-refractivity contribution in [3.05, 3.63) is 74.7 Å². The van der Waals surface area contributed by atoms with Crippen LogP contribution in [0.5, 0.6) is 5.75 Å². The Labute approximate surface area is 170 Å². The second kappa shape index (κ2) is 8.32. The van der Waals surface area contributed by atoms with Crippen LogP contribution in [0, 0.1) is 10.1 Å². The fourth-order valence-corrected chi connectivity index (χ4v) is 3.83. The van der Waals surface area contributed by atoms with E-state index in [1.165, 1.54) is 40.9 Å². The maximum atomic E-state index is 12.2. The number of carbonyl (C=O) groups is 2. The molecule has 1 fully saturated rings. The van der Waals surface area contributed by atoms with E-state index in [0.29, 0.717) is 21.5 Å². The molecule has 0 unspecified atom stereocenters. The van der Waals surface area contributed by atoms with Gasteiger partial charge < -0.3 is 4.74 Å². The highest BCUT2D eigenvalue weighted by molar-refractivity contribution is 8.26. The van der Waals surface area contributed by atoms with Crippen LogP contribution >= 0.6 is 24.0 Å². The fraction of sp³-hybridized carbons (Fsp3) is 0.105. The molecule has 1 amide bonds. The van der Waals surface area contributed by atoms with Crippen LogP contribution in [0.25, 0.3) is 6.08 Å². The molecular formula is C19H14N2O5S2. The number of nitro benzene ring substituents is 1. The summed E-state index contributed by atoms with van der Waals surface area (Å²) < 4.78 is 5.80. The molecule has 0 aromatic heterocycles. The summed E-state index contributed by atoms with van der Waals surface area (Å²) in [5, 5.41) is 10.7. The zero-order valence-corrected chi connectivity index (χ0v) is 16.3. The minimum Gasteiger partial charge on any atom is -0.423 e. The number of benzene rings is 2. The summed E-state index contributed by atoms with van der Waals surface area (Å²) in [5.41, 5.74) is 0.874. The number of carbonyl (C=O) groups excluding carboxylic acids is 2. The molecule has 0 spiro atoms. The van der Waals surface area contributed by atoms with Crippen LogP contribution in [-0.2, 0) is 4.79 Å². The van der Waals surface area contributed by atoms with E-state index in [0.717, 1.165) is 5.56 Å². The third-order valence-electron chi connectivity index (χ3n) is 3.89. The first kappa shape index (κ1) is 19.7. The summed E-state index contributed by atoms with van der Waals surface area (Å²) in [4.78, 5) is 36.6. The lowest BCUT2D eigenvalue weighted by Crippen LogP contribution is -2.27. The van der Waals surface area contributed by atoms with Crippen molar-refractivity contribution in [3.63, 3.8) is 0 Å². The lowest BCUT2D eigenvalue weighted by Gasteiger charge is -2.09. The van der Waals surface area contributed by atoms with E-state index in [-0.39, 0.29) is 17.2 Å². The van der Waals surface area contributed by atoms with Gasteiger partial charge in [0.05, 0.1) is 15.4 Å². The topological polar surface area (TPSA) is 89.8 Å². The van der Waals surface area contributed by atoms with Gasteiger partial charge in [0.25, 0.3) is 11.6 Å².